The van der Waals surface area contributed by atoms with Gasteiger partial charge < -0.3 is 11.1 Å². The molecule has 0 aromatic carbocycles. The molecule has 2 heterocycles. The first-order chi connectivity index (χ1) is 9.52. The third-order valence-corrected chi connectivity index (χ3v) is 3.49. The van der Waals surface area contributed by atoms with E-state index in [1.54, 1.807) is 0 Å². The van der Waals surface area contributed by atoms with E-state index in [4.69, 9.17) is 5.73 Å². The van der Waals surface area contributed by atoms with Crippen molar-refractivity contribution in [3.05, 3.63) is 28.8 Å². The summed E-state index contributed by atoms with van der Waals surface area (Å²) in [6.07, 6.45) is 3.71. The Hall–Kier alpha value is -2.11. The lowest BCUT2D eigenvalue weighted by Crippen LogP contribution is -2.10. The van der Waals surface area contributed by atoms with E-state index in [2.05, 4.69) is 27.3 Å². The monoisotopic (exact) mass is 274 g/mol. The number of aryl methyl sites for hydroxylation is 2. The van der Waals surface area contributed by atoms with E-state index in [0.29, 0.717) is 12.4 Å². The molecule has 0 atom stereocenters. The van der Waals surface area contributed by atoms with E-state index < -0.39 is 0 Å². The molecule has 0 aliphatic rings. The Morgan fingerprint density at radius 2 is 2.05 bits per heavy atom. The molecule has 0 spiro atoms. The van der Waals surface area contributed by atoms with E-state index in [-0.39, 0.29) is 0 Å². The number of nitrogens with zero attached hydrogens (tertiary/aromatic N) is 4. The van der Waals surface area contributed by atoms with Crippen LogP contribution in [0.4, 0.5) is 11.6 Å². The molecule has 2 rings (SSSR count). The molecule has 6 heteroatoms. The largest absolute Gasteiger partial charge is 0.383 e. The smallest absolute Gasteiger partial charge is 0.135 e. The summed E-state index contributed by atoms with van der Waals surface area (Å²) in [6.45, 7) is 6.77. The van der Waals surface area contributed by atoms with Crippen LogP contribution in [0, 0.1) is 13.8 Å². The Balaban J connectivity index is 2.18. The molecule has 0 fully saturated rings. The van der Waals surface area contributed by atoms with Gasteiger partial charge in [0.1, 0.15) is 17.5 Å². The van der Waals surface area contributed by atoms with Gasteiger partial charge in [0.05, 0.1) is 6.20 Å². The number of hydrogen-bond acceptors (Lipinski definition) is 5. The maximum absolute atomic E-state index is 5.95. The van der Waals surface area contributed by atoms with Crippen molar-refractivity contribution in [2.75, 3.05) is 11.1 Å². The second kappa shape index (κ2) is 5.90. The van der Waals surface area contributed by atoms with Crippen molar-refractivity contribution in [2.45, 2.75) is 40.2 Å². The van der Waals surface area contributed by atoms with Gasteiger partial charge in [-0.3, -0.25) is 4.68 Å². The highest BCUT2D eigenvalue weighted by Gasteiger charge is 2.09. The second-order valence-electron chi connectivity index (χ2n) is 4.98. The third kappa shape index (κ3) is 2.89. The highest BCUT2D eigenvalue weighted by molar-refractivity contribution is 5.55. The van der Waals surface area contributed by atoms with Crippen LogP contribution in [-0.2, 0) is 20.0 Å². The Kier molecular flexibility index (Phi) is 4.22. The summed E-state index contributed by atoms with van der Waals surface area (Å²) < 4.78 is 1.86. The molecule has 108 valence electrons. The van der Waals surface area contributed by atoms with Gasteiger partial charge in [-0.1, -0.05) is 6.92 Å². The first kappa shape index (κ1) is 14.3. The Morgan fingerprint density at radius 1 is 1.30 bits per heavy atom. The van der Waals surface area contributed by atoms with Crippen molar-refractivity contribution >= 4 is 11.6 Å². The van der Waals surface area contributed by atoms with E-state index >= 15 is 0 Å². The van der Waals surface area contributed by atoms with Crippen LogP contribution in [0.25, 0.3) is 0 Å². The van der Waals surface area contributed by atoms with Gasteiger partial charge in [-0.05, 0) is 20.3 Å². The summed E-state index contributed by atoms with van der Waals surface area (Å²) in [4.78, 5) is 8.85. The average Bonchev–Trinajstić information content (AvgIpc) is 2.73. The fraction of sp³-hybridized carbons (Fsp3) is 0.500. The van der Waals surface area contributed by atoms with Crippen molar-refractivity contribution in [2.24, 2.45) is 7.05 Å². The van der Waals surface area contributed by atoms with Crippen LogP contribution in [-0.4, -0.2) is 19.7 Å². The minimum absolute atomic E-state index is 0.550. The van der Waals surface area contributed by atoms with Crippen molar-refractivity contribution in [1.82, 2.24) is 19.7 Å². The predicted octanol–water partition coefficient (Wildman–Crippen LogP) is 1.97. The molecule has 0 saturated heterocycles. The van der Waals surface area contributed by atoms with Gasteiger partial charge in [0.15, 0.2) is 0 Å². The second-order valence-corrected chi connectivity index (χ2v) is 4.98. The lowest BCUT2D eigenvalue weighted by molar-refractivity contribution is 0.738. The van der Waals surface area contributed by atoms with E-state index in [0.717, 1.165) is 41.3 Å². The number of hydrogen-bond donors (Lipinski definition) is 2. The SMILES string of the molecule is CCCc1nc(N)c(C)c(NCc2cnn(C)c2C)n1. The molecule has 20 heavy (non-hydrogen) atoms. The Labute approximate surface area is 119 Å². The molecular formula is C14H22N6. The summed E-state index contributed by atoms with van der Waals surface area (Å²) in [6, 6.07) is 0. The van der Waals surface area contributed by atoms with Crippen molar-refractivity contribution < 1.29 is 0 Å². The number of aromatic nitrogens is 4. The number of anilines is 2. The van der Waals surface area contributed by atoms with E-state index in [1.807, 2.05) is 31.8 Å². The van der Waals surface area contributed by atoms with Crippen LogP contribution < -0.4 is 11.1 Å². The molecule has 0 aliphatic heterocycles. The first-order valence-corrected chi connectivity index (χ1v) is 6.87. The minimum Gasteiger partial charge on any atom is -0.383 e. The van der Waals surface area contributed by atoms with Crippen LogP contribution in [0.2, 0.25) is 0 Å². The Bertz CT molecular complexity index is 602. The number of rotatable bonds is 5. The maximum Gasteiger partial charge on any atom is 0.135 e. The van der Waals surface area contributed by atoms with Crippen molar-refractivity contribution in [1.29, 1.82) is 0 Å². The van der Waals surface area contributed by atoms with Gasteiger partial charge >= 0.3 is 0 Å². The number of nitrogens with two attached hydrogens (primary N) is 1. The minimum atomic E-state index is 0.550. The van der Waals surface area contributed by atoms with Gasteiger partial charge in [0.2, 0.25) is 0 Å². The van der Waals surface area contributed by atoms with Gasteiger partial charge in [0, 0.05) is 36.8 Å². The standard InChI is InChI=1S/C14H22N6/c1-5-6-12-18-13(15)9(2)14(19-12)16-7-11-8-17-20(4)10(11)3/h8H,5-7H2,1-4H3,(H3,15,16,18,19). The van der Waals surface area contributed by atoms with Crippen LogP contribution in [0.5, 0.6) is 0 Å². The molecule has 0 unspecified atom stereocenters. The zero-order valence-corrected chi connectivity index (χ0v) is 12.6. The molecule has 0 aliphatic carbocycles. The molecule has 2 aromatic rings. The van der Waals surface area contributed by atoms with Gasteiger partial charge in [-0.2, -0.15) is 5.10 Å². The van der Waals surface area contributed by atoms with Crippen LogP contribution >= 0.6 is 0 Å². The Morgan fingerprint density at radius 3 is 2.65 bits per heavy atom. The zero-order valence-electron chi connectivity index (χ0n) is 12.6. The topological polar surface area (TPSA) is 81.6 Å². The number of nitrogen functional groups attached to an aromatic ring is 1. The molecule has 2 aromatic heterocycles. The van der Waals surface area contributed by atoms with E-state index in [1.165, 1.54) is 0 Å². The van der Waals surface area contributed by atoms with Crippen LogP contribution in [0.3, 0.4) is 0 Å². The molecular weight excluding hydrogens is 252 g/mol. The summed E-state index contributed by atoms with van der Waals surface area (Å²) in [5.41, 5.74) is 9.14. The van der Waals surface area contributed by atoms with Crippen molar-refractivity contribution in [3.8, 4) is 0 Å². The lowest BCUT2D eigenvalue weighted by atomic mass is 10.2. The van der Waals surface area contributed by atoms with Gasteiger partial charge in [-0.15, -0.1) is 0 Å². The molecule has 3 N–H and O–H groups in total. The fourth-order valence-corrected chi connectivity index (χ4v) is 1.99. The molecule has 6 nitrogen and oxygen atoms in total. The average molecular weight is 274 g/mol. The maximum atomic E-state index is 5.95. The van der Waals surface area contributed by atoms with Crippen LogP contribution in [0.15, 0.2) is 6.20 Å². The number of nitrogens with one attached hydrogen (secondary N) is 1. The summed E-state index contributed by atoms with van der Waals surface area (Å²) >= 11 is 0. The lowest BCUT2D eigenvalue weighted by Gasteiger charge is -2.11. The fourth-order valence-electron chi connectivity index (χ4n) is 1.99. The van der Waals surface area contributed by atoms with Gasteiger partial charge in [-0.25, -0.2) is 9.97 Å². The molecule has 0 amide bonds. The molecule has 0 bridgehead atoms. The highest BCUT2D eigenvalue weighted by Crippen LogP contribution is 2.19. The van der Waals surface area contributed by atoms with Crippen LogP contribution in [0.1, 0.15) is 36.0 Å². The molecule has 0 radical (unpaired) electrons. The zero-order chi connectivity index (χ0) is 14.7. The predicted molar refractivity (Wildman–Crippen MR) is 80.4 cm³/mol. The summed E-state index contributed by atoms with van der Waals surface area (Å²) in [5, 5.41) is 7.57. The third-order valence-electron chi connectivity index (χ3n) is 3.49. The van der Waals surface area contributed by atoms with E-state index in [9.17, 15) is 0 Å². The normalized spacial score (nSPS) is 10.8. The summed E-state index contributed by atoms with van der Waals surface area (Å²) in [7, 11) is 1.94. The van der Waals surface area contributed by atoms with Gasteiger partial charge in [0.25, 0.3) is 0 Å². The van der Waals surface area contributed by atoms with Crippen molar-refractivity contribution in [3.63, 3.8) is 0 Å². The highest BCUT2D eigenvalue weighted by atomic mass is 15.3. The quantitative estimate of drug-likeness (QED) is 0.871. The summed E-state index contributed by atoms with van der Waals surface area (Å²) in [5.74, 6) is 2.15. The first-order valence-electron chi connectivity index (χ1n) is 6.87. The molecule has 0 saturated carbocycles.